The molecule has 0 bridgehead atoms. The molecule has 0 unspecified atom stereocenters. The van der Waals surface area contributed by atoms with Crippen molar-refractivity contribution in [2.24, 2.45) is 0 Å². The summed E-state index contributed by atoms with van der Waals surface area (Å²) >= 11 is 0. The van der Waals surface area contributed by atoms with Crippen molar-refractivity contribution < 1.29 is 19.0 Å². The fourth-order valence-corrected chi connectivity index (χ4v) is 1.42. The number of methoxy groups -OCH3 is 1. The van der Waals surface area contributed by atoms with Crippen molar-refractivity contribution in [3.63, 3.8) is 0 Å². The topological polar surface area (TPSA) is 64.3 Å². The molecule has 5 nitrogen and oxygen atoms in total. The molecule has 0 atom stereocenters. The maximum atomic E-state index is 13.5. The molecule has 1 N–H and O–H groups in total. The van der Waals surface area contributed by atoms with E-state index in [9.17, 15) is 9.18 Å². The second-order valence-electron chi connectivity index (χ2n) is 3.24. The smallest absolute Gasteiger partial charge is 0.354 e. The van der Waals surface area contributed by atoms with Crippen LogP contribution in [-0.2, 0) is 0 Å². The van der Waals surface area contributed by atoms with E-state index < -0.39 is 11.8 Å². The van der Waals surface area contributed by atoms with Crippen LogP contribution in [0.15, 0.2) is 30.3 Å². The Morgan fingerprint density at radius 1 is 1.47 bits per heavy atom. The summed E-state index contributed by atoms with van der Waals surface area (Å²) in [5, 5.41) is 12.8. The zero-order valence-corrected chi connectivity index (χ0v) is 8.92. The summed E-state index contributed by atoms with van der Waals surface area (Å²) in [4.78, 5) is 11.0. The monoisotopic (exact) mass is 236 g/mol. The lowest BCUT2D eigenvalue weighted by Gasteiger charge is -2.04. The Labute approximate surface area is 96.1 Å². The first-order valence-electron chi connectivity index (χ1n) is 4.75. The molecule has 0 saturated heterocycles. The van der Waals surface area contributed by atoms with Crippen molar-refractivity contribution in [3.05, 3.63) is 41.8 Å². The minimum absolute atomic E-state index is 0.0631. The van der Waals surface area contributed by atoms with E-state index in [1.807, 2.05) is 0 Å². The van der Waals surface area contributed by atoms with Gasteiger partial charge in [-0.25, -0.2) is 13.9 Å². The van der Waals surface area contributed by atoms with Gasteiger partial charge in [-0.05, 0) is 12.1 Å². The van der Waals surface area contributed by atoms with Crippen LogP contribution in [0.1, 0.15) is 10.5 Å². The number of nitrogens with zero attached hydrogens (tertiary/aromatic N) is 2. The number of rotatable bonds is 3. The Balaban J connectivity index is 2.62. The number of hydrogen-bond acceptors (Lipinski definition) is 3. The van der Waals surface area contributed by atoms with Gasteiger partial charge in [0.1, 0.15) is 11.5 Å². The Bertz CT molecular complexity index is 566. The van der Waals surface area contributed by atoms with E-state index in [-0.39, 0.29) is 17.3 Å². The Morgan fingerprint density at radius 2 is 2.18 bits per heavy atom. The van der Waals surface area contributed by atoms with E-state index in [2.05, 4.69) is 5.10 Å². The maximum absolute atomic E-state index is 13.5. The molecule has 0 fully saturated rings. The lowest BCUT2D eigenvalue weighted by molar-refractivity contribution is 0.0687. The minimum Gasteiger partial charge on any atom is -0.480 e. The number of carboxylic acid groups (broad SMARTS) is 1. The van der Waals surface area contributed by atoms with Gasteiger partial charge in [0, 0.05) is 6.07 Å². The van der Waals surface area contributed by atoms with Gasteiger partial charge in [-0.15, -0.1) is 5.10 Å². The molecular formula is C11H9FN2O3. The van der Waals surface area contributed by atoms with Gasteiger partial charge < -0.3 is 9.84 Å². The summed E-state index contributed by atoms with van der Waals surface area (Å²) in [5.41, 5.74) is -0.0971. The molecular weight excluding hydrogens is 227 g/mol. The zero-order chi connectivity index (χ0) is 12.4. The summed E-state index contributed by atoms with van der Waals surface area (Å²) < 4.78 is 19.4. The van der Waals surface area contributed by atoms with Crippen LogP contribution in [-0.4, -0.2) is 28.0 Å². The van der Waals surface area contributed by atoms with Crippen LogP contribution in [0.3, 0.4) is 0 Å². The number of ether oxygens (including phenoxy) is 1. The summed E-state index contributed by atoms with van der Waals surface area (Å²) in [7, 11) is 1.36. The third-order valence-electron chi connectivity index (χ3n) is 2.20. The average Bonchev–Trinajstić information content (AvgIpc) is 2.73. The van der Waals surface area contributed by atoms with Crippen LogP contribution in [0.2, 0.25) is 0 Å². The largest absolute Gasteiger partial charge is 0.480 e. The van der Waals surface area contributed by atoms with Crippen LogP contribution in [0.4, 0.5) is 4.39 Å². The molecule has 0 radical (unpaired) electrons. The molecule has 6 heteroatoms. The van der Waals surface area contributed by atoms with Gasteiger partial charge in [-0.3, -0.25) is 0 Å². The van der Waals surface area contributed by atoms with Crippen LogP contribution in [0.5, 0.6) is 5.88 Å². The molecule has 0 aliphatic rings. The first-order valence-corrected chi connectivity index (χ1v) is 4.75. The quantitative estimate of drug-likeness (QED) is 0.881. The Hall–Kier alpha value is -2.37. The van der Waals surface area contributed by atoms with E-state index in [0.29, 0.717) is 0 Å². The number of carbonyl (C=O) groups is 1. The standard InChI is InChI=1S/C11H9FN2O3/c1-17-10-6-9(11(15)16)14(13-10)8-5-3-2-4-7(8)12/h2-6H,1H3,(H,15,16). The second kappa shape index (κ2) is 4.25. The van der Waals surface area contributed by atoms with Crippen LogP contribution >= 0.6 is 0 Å². The van der Waals surface area contributed by atoms with Crippen molar-refractivity contribution in [2.45, 2.75) is 0 Å². The second-order valence-corrected chi connectivity index (χ2v) is 3.24. The van der Waals surface area contributed by atoms with Crippen LogP contribution in [0, 0.1) is 5.82 Å². The van der Waals surface area contributed by atoms with Crippen molar-refractivity contribution in [1.29, 1.82) is 0 Å². The van der Waals surface area contributed by atoms with Gasteiger partial charge >= 0.3 is 5.97 Å². The van der Waals surface area contributed by atoms with Gasteiger partial charge in [0.15, 0.2) is 5.69 Å². The normalized spacial score (nSPS) is 10.2. The maximum Gasteiger partial charge on any atom is 0.354 e. The lowest BCUT2D eigenvalue weighted by atomic mass is 10.3. The molecule has 0 amide bonds. The summed E-state index contributed by atoms with van der Waals surface area (Å²) in [6.07, 6.45) is 0. The van der Waals surface area contributed by atoms with Gasteiger partial charge in [0.2, 0.25) is 5.88 Å². The number of para-hydroxylation sites is 1. The van der Waals surface area contributed by atoms with Crippen molar-refractivity contribution in [2.75, 3.05) is 7.11 Å². The number of halogens is 1. The molecule has 2 rings (SSSR count). The van der Waals surface area contributed by atoms with E-state index in [1.165, 1.54) is 31.4 Å². The summed E-state index contributed by atoms with van der Waals surface area (Å²) in [6, 6.07) is 7.01. The summed E-state index contributed by atoms with van der Waals surface area (Å²) in [5.74, 6) is -1.64. The fourth-order valence-electron chi connectivity index (χ4n) is 1.42. The highest BCUT2D eigenvalue weighted by atomic mass is 19.1. The third kappa shape index (κ3) is 1.96. The zero-order valence-electron chi connectivity index (χ0n) is 8.92. The number of aromatic nitrogens is 2. The Morgan fingerprint density at radius 3 is 2.76 bits per heavy atom. The van der Waals surface area contributed by atoms with E-state index in [0.717, 1.165) is 4.68 Å². The van der Waals surface area contributed by atoms with Crippen LogP contribution in [0.25, 0.3) is 5.69 Å². The van der Waals surface area contributed by atoms with Gasteiger partial charge in [-0.1, -0.05) is 12.1 Å². The molecule has 1 aromatic carbocycles. The van der Waals surface area contributed by atoms with Crippen molar-refractivity contribution >= 4 is 5.97 Å². The van der Waals surface area contributed by atoms with E-state index >= 15 is 0 Å². The highest BCUT2D eigenvalue weighted by molar-refractivity contribution is 5.86. The first kappa shape index (κ1) is 11.1. The molecule has 0 spiro atoms. The average molecular weight is 236 g/mol. The summed E-state index contributed by atoms with van der Waals surface area (Å²) in [6.45, 7) is 0. The highest BCUT2D eigenvalue weighted by Gasteiger charge is 2.17. The van der Waals surface area contributed by atoms with E-state index in [4.69, 9.17) is 9.84 Å². The molecule has 0 saturated carbocycles. The molecule has 0 aliphatic carbocycles. The van der Waals surface area contributed by atoms with Crippen LogP contribution < -0.4 is 4.74 Å². The molecule has 1 aromatic heterocycles. The predicted molar refractivity (Wildman–Crippen MR) is 57.0 cm³/mol. The molecule has 2 aromatic rings. The lowest BCUT2D eigenvalue weighted by Crippen LogP contribution is -2.09. The number of benzene rings is 1. The Kier molecular flexibility index (Phi) is 2.78. The minimum atomic E-state index is -1.20. The number of hydrogen-bond donors (Lipinski definition) is 1. The fraction of sp³-hybridized carbons (Fsp3) is 0.0909. The predicted octanol–water partition coefficient (Wildman–Crippen LogP) is 1.72. The van der Waals surface area contributed by atoms with Gasteiger partial charge in [0.05, 0.1) is 7.11 Å². The molecule has 1 heterocycles. The SMILES string of the molecule is COc1cc(C(=O)O)n(-c2ccccc2F)n1. The molecule has 0 aliphatic heterocycles. The highest BCUT2D eigenvalue weighted by Crippen LogP contribution is 2.19. The van der Waals surface area contributed by atoms with Gasteiger partial charge in [-0.2, -0.15) is 0 Å². The third-order valence-corrected chi connectivity index (χ3v) is 2.20. The number of aromatic carboxylic acids is 1. The first-order chi connectivity index (χ1) is 8.13. The van der Waals surface area contributed by atoms with Crippen molar-refractivity contribution in [1.82, 2.24) is 9.78 Å². The molecule has 88 valence electrons. The van der Waals surface area contributed by atoms with Crippen molar-refractivity contribution in [3.8, 4) is 11.6 Å². The van der Waals surface area contributed by atoms with Gasteiger partial charge in [0.25, 0.3) is 0 Å². The van der Waals surface area contributed by atoms with E-state index in [1.54, 1.807) is 6.07 Å². The number of carboxylic acids is 1. The molecule has 17 heavy (non-hydrogen) atoms.